The first-order valence-electron chi connectivity index (χ1n) is 10.8. The van der Waals surface area contributed by atoms with E-state index in [0.29, 0.717) is 18.7 Å². The van der Waals surface area contributed by atoms with Gasteiger partial charge >= 0.3 is 17.9 Å². The molecule has 13 nitrogen and oxygen atoms in total. The van der Waals surface area contributed by atoms with Crippen LogP contribution in [0.4, 0.5) is 0 Å². The molecule has 1 aliphatic rings. The van der Waals surface area contributed by atoms with E-state index < -0.39 is 72.6 Å². The standard InChI is InChI=1S/C20H32N4O9S/c1-34-10-8-13(19(31)24-14(20(32)33)5-7-16(27)28)23-18(30)12(4-6-15(25)26)22-17(29)11-3-2-9-21-11/h11-14,21H,2-10H2,1H3,(H,22,29)(H,23,30)(H,24,31)(H,25,26)(H,27,28)(H,32,33). The summed E-state index contributed by atoms with van der Waals surface area (Å²) in [5.41, 5.74) is 0. The van der Waals surface area contributed by atoms with E-state index in [1.807, 2.05) is 0 Å². The van der Waals surface area contributed by atoms with Crippen LogP contribution in [0.5, 0.6) is 0 Å². The van der Waals surface area contributed by atoms with Crippen LogP contribution >= 0.6 is 11.8 Å². The maximum atomic E-state index is 12.9. The fraction of sp³-hybridized carbons (Fsp3) is 0.700. The van der Waals surface area contributed by atoms with Crippen LogP contribution in [-0.2, 0) is 28.8 Å². The Kier molecular flexibility index (Phi) is 13.0. The number of carbonyl (C=O) groups excluding carboxylic acids is 3. The molecule has 192 valence electrons. The molecular formula is C20H32N4O9S. The van der Waals surface area contributed by atoms with Gasteiger partial charge in [-0.15, -0.1) is 0 Å². The van der Waals surface area contributed by atoms with Crippen LogP contribution in [0.3, 0.4) is 0 Å². The summed E-state index contributed by atoms with van der Waals surface area (Å²) in [5, 5.41) is 37.3. The lowest BCUT2D eigenvalue weighted by atomic mass is 10.1. The summed E-state index contributed by atoms with van der Waals surface area (Å²) in [5.74, 6) is -5.41. The molecule has 0 aromatic rings. The number of hydrogen-bond acceptors (Lipinski definition) is 8. The molecule has 1 fully saturated rings. The van der Waals surface area contributed by atoms with Crippen LogP contribution in [0.25, 0.3) is 0 Å². The summed E-state index contributed by atoms with van der Waals surface area (Å²) in [6.45, 7) is 0.646. The maximum absolute atomic E-state index is 12.9. The Morgan fingerprint density at radius 2 is 1.38 bits per heavy atom. The van der Waals surface area contributed by atoms with Crippen molar-refractivity contribution in [3.63, 3.8) is 0 Å². The van der Waals surface area contributed by atoms with Crippen LogP contribution in [0.15, 0.2) is 0 Å². The van der Waals surface area contributed by atoms with Gasteiger partial charge in [0.05, 0.1) is 6.04 Å². The van der Waals surface area contributed by atoms with E-state index >= 15 is 0 Å². The van der Waals surface area contributed by atoms with Crippen molar-refractivity contribution >= 4 is 47.4 Å². The molecule has 0 bridgehead atoms. The highest BCUT2D eigenvalue weighted by molar-refractivity contribution is 7.98. The lowest BCUT2D eigenvalue weighted by molar-refractivity contribution is -0.143. The van der Waals surface area contributed by atoms with E-state index in [-0.39, 0.29) is 19.3 Å². The van der Waals surface area contributed by atoms with Gasteiger partial charge in [-0.3, -0.25) is 24.0 Å². The van der Waals surface area contributed by atoms with Crippen LogP contribution in [0, 0.1) is 0 Å². The first-order valence-corrected chi connectivity index (χ1v) is 12.2. The van der Waals surface area contributed by atoms with Crippen molar-refractivity contribution in [3.05, 3.63) is 0 Å². The van der Waals surface area contributed by atoms with Crippen LogP contribution < -0.4 is 21.3 Å². The van der Waals surface area contributed by atoms with Gasteiger partial charge in [0.2, 0.25) is 17.7 Å². The van der Waals surface area contributed by atoms with Gasteiger partial charge in [0.15, 0.2) is 0 Å². The monoisotopic (exact) mass is 504 g/mol. The number of amides is 3. The zero-order valence-corrected chi connectivity index (χ0v) is 19.7. The van der Waals surface area contributed by atoms with E-state index in [0.717, 1.165) is 6.42 Å². The molecule has 1 rings (SSSR count). The fourth-order valence-corrected chi connectivity index (χ4v) is 3.76. The Morgan fingerprint density at radius 3 is 1.85 bits per heavy atom. The second-order valence-corrected chi connectivity index (χ2v) is 8.80. The van der Waals surface area contributed by atoms with Crippen molar-refractivity contribution in [3.8, 4) is 0 Å². The smallest absolute Gasteiger partial charge is 0.326 e. The third kappa shape index (κ3) is 10.8. The minimum atomic E-state index is -1.46. The molecule has 0 aliphatic carbocycles. The van der Waals surface area contributed by atoms with Crippen LogP contribution in [0.2, 0.25) is 0 Å². The fourth-order valence-electron chi connectivity index (χ4n) is 3.29. The third-order valence-corrected chi connectivity index (χ3v) is 5.81. The van der Waals surface area contributed by atoms with Crippen molar-refractivity contribution in [2.24, 2.45) is 0 Å². The van der Waals surface area contributed by atoms with E-state index in [9.17, 15) is 33.9 Å². The Balaban J connectivity index is 2.91. The lowest BCUT2D eigenvalue weighted by Gasteiger charge is -2.25. The lowest BCUT2D eigenvalue weighted by Crippen LogP contribution is -2.57. The molecule has 0 aromatic carbocycles. The highest BCUT2D eigenvalue weighted by atomic mass is 32.2. The Morgan fingerprint density at radius 1 is 0.853 bits per heavy atom. The van der Waals surface area contributed by atoms with Gasteiger partial charge < -0.3 is 36.6 Å². The number of aliphatic carboxylic acids is 3. The number of nitrogens with one attached hydrogen (secondary N) is 4. The zero-order chi connectivity index (χ0) is 25.7. The van der Waals surface area contributed by atoms with Gasteiger partial charge in [0.25, 0.3) is 0 Å². The summed E-state index contributed by atoms with van der Waals surface area (Å²) in [6.07, 6.45) is 1.85. The Bertz CT molecular complexity index is 758. The Hall–Kier alpha value is -2.87. The second kappa shape index (κ2) is 15.1. The maximum Gasteiger partial charge on any atom is 0.326 e. The minimum absolute atomic E-state index is 0.133. The van der Waals surface area contributed by atoms with Crippen molar-refractivity contribution in [2.75, 3.05) is 18.6 Å². The molecule has 1 heterocycles. The van der Waals surface area contributed by atoms with E-state index in [4.69, 9.17) is 10.2 Å². The van der Waals surface area contributed by atoms with E-state index in [2.05, 4.69) is 21.3 Å². The van der Waals surface area contributed by atoms with Gasteiger partial charge in [-0.05, 0) is 50.7 Å². The minimum Gasteiger partial charge on any atom is -0.481 e. The van der Waals surface area contributed by atoms with Gasteiger partial charge in [-0.1, -0.05) is 0 Å². The predicted molar refractivity (Wildman–Crippen MR) is 121 cm³/mol. The van der Waals surface area contributed by atoms with Gasteiger partial charge in [0.1, 0.15) is 18.1 Å². The van der Waals surface area contributed by atoms with E-state index in [1.165, 1.54) is 11.8 Å². The number of carbonyl (C=O) groups is 6. The molecule has 1 aliphatic heterocycles. The normalized spacial score (nSPS) is 17.7. The summed E-state index contributed by atoms with van der Waals surface area (Å²) in [4.78, 5) is 71.2. The van der Waals surface area contributed by atoms with Crippen molar-refractivity contribution < 1.29 is 44.1 Å². The number of carboxylic acids is 3. The summed E-state index contributed by atoms with van der Waals surface area (Å²) in [7, 11) is 0. The average molecular weight is 505 g/mol. The molecule has 0 spiro atoms. The molecule has 0 radical (unpaired) electrons. The molecule has 3 amide bonds. The number of rotatable bonds is 16. The van der Waals surface area contributed by atoms with Gasteiger partial charge in [-0.2, -0.15) is 11.8 Å². The zero-order valence-electron chi connectivity index (χ0n) is 18.9. The van der Waals surface area contributed by atoms with E-state index in [1.54, 1.807) is 6.26 Å². The summed E-state index contributed by atoms with van der Waals surface area (Å²) in [6, 6.07) is -4.34. The molecule has 4 unspecified atom stereocenters. The summed E-state index contributed by atoms with van der Waals surface area (Å²) >= 11 is 1.38. The molecule has 14 heteroatoms. The predicted octanol–water partition coefficient (Wildman–Crippen LogP) is -1.24. The second-order valence-electron chi connectivity index (χ2n) is 7.82. The van der Waals surface area contributed by atoms with Gasteiger partial charge in [-0.25, -0.2) is 4.79 Å². The van der Waals surface area contributed by atoms with Crippen molar-refractivity contribution in [1.82, 2.24) is 21.3 Å². The van der Waals surface area contributed by atoms with Crippen LogP contribution in [-0.4, -0.2) is 93.7 Å². The molecule has 7 N–H and O–H groups in total. The first kappa shape index (κ1) is 29.2. The number of hydrogen-bond donors (Lipinski definition) is 7. The number of thioether (sulfide) groups is 1. The third-order valence-electron chi connectivity index (χ3n) is 5.16. The van der Waals surface area contributed by atoms with Crippen LogP contribution in [0.1, 0.15) is 44.9 Å². The first-order chi connectivity index (χ1) is 16.0. The van der Waals surface area contributed by atoms with Gasteiger partial charge in [0, 0.05) is 12.8 Å². The average Bonchev–Trinajstić information content (AvgIpc) is 3.31. The molecule has 1 saturated heterocycles. The quantitative estimate of drug-likeness (QED) is 0.132. The highest BCUT2D eigenvalue weighted by Crippen LogP contribution is 2.09. The molecule has 0 aromatic heterocycles. The topological polar surface area (TPSA) is 211 Å². The molecule has 0 saturated carbocycles. The molecule has 34 heavy (non-hydrogen) atoms. The summed E-state index contributed by atoms with van der Waals surface area (Å²) < 4.78 is 0. The Labute approximate surface area is 200 Å². The highest BCUT2D eigenvalue weighted by Gasteiger charge is 2.31. The molecule has 4 atom stereocenters. The largest absolute Gasteiger partial charge is 0.481 e. The van der Waals surface area contributed by atoms with Crippen molar-refractivity contribution in [1.29, 1.82) is 0 Å². The molecular weight excluding hydrogens is 472 g/mol. The SMILES string of the molecule is CSCCC(NC(=O)C(CCC(=O)O)NC(=O)C1CCCN1)C(=O)NC(CCC(=O)O)C(=O)O. The van der Waals surface area contributed by atoms with Crippen molar-refractivity contribution in [2.45, 2.75) is 69.1 Å². The number of carboxylic acid groups (broad SMARTS) is 3.